The molecule has 1 atom stereocenters. The van der Waals surface area contributed by atoms with E-state index in [2.05, 4.69) is 25.6 Å². The number of alkyl halides is 1. The Kier molecular flexibility index (Phi) is 4.75. The van der Waals surface area contributed by atoms with Gasteiger partial charge in [0, 0.05) is 5.38 Å². The van der Waals surface area contributed by atoms with Crippen molar-refractivity contribution in [1.82, 2.24) is 0 Å². The van der Waals surface area contributed by atoms with Crippen molar-refractivity contribution in [2.45, 2.75) is 31.6 Å². The van der Waals surface area contributed by atoms with Gasteiger partial charge in [-0.1, -0.05) is 43.8 Å². The summed E-state index contributed by atoms with van der Waals surface area (Å²) in [5.74, 6) is 0. The zero-order valence-corrected chi connectivity index (χ0v) is 9.43. The molecule has 1 heteroatoms. The lowest BCUT2D eigenvalue weighted by atomic mass is 10.0. The molecule has 0 N–H and O–H groups in total. The molecule has 0 aliphatic rings. The standard InChI is InChI=1S/C13H17Cl/c1-3-13(14)10-9-11(2)12-7-5-4-6-8-12/h4-8,13H,2-3,9-10H2,1H3. The van der Waals surface area contributed by atoms with Gasteiger partial charge in [0.25, 0.3) is 0 Å². The van der Waals surface area contributed by atoms with Crippen LogP contribution in [0.25, 0.3) is 5.57 Å². The maximum Gasteiger partial charge on any atom is 0.0336 e. The van der Waals surface area contributed by atoms with Crippen LogP contribution in [0, 0.1) is 0 Å². The van der Waals surface area contributed by atoms with Gasteiger partial charge in [0.05, 0.1) is 0 Å². The van der Waals surface area contributed by atoms with Gasteiger partial charge in [-0.25, -0.2) is 0 Å². The molecule has 0 fully saturated rings. The lowest BCUT2D eigenvalue weighted by Crippen LogP contribution is -1.96. The molecule has 14 heavy (non-hydrogen) atoms. The van der Waals surface area contributed by atoms with Crippen LogP contribution in [0.2, 0.25) is 0 Å². The fourth-order valence-electron chi connectivity index (χ4n) is 1.35. The Morgan fingerprint density at radius 1 is 1.36 bits per heavy atom. The van der Waals surface area contributed by atoms with Gasteiger partial charge < -0.3 is 0 Å². The second-order valence-corrected chi connectivity index (χ2v) is 4.13. The lowest BCUT2D eigenvalue weighted by molar-refractivity contribution is 0.745. The summed E-state index contributed by atoms with van der Waals surface area (Å²) in [4.78, 5) is 0. The summed E-state index contributed by atoms with van der Waals surface area (Å²) in [6.07, 6.45) is 3.04. The van der Waals surface area contributed by atoms with Crippen molar-refractivity contribution < 1.29 is 0 Å². The second-order valence-electron chi connectivity index (χ2n) is 3.51. The normalized spacial score (nSPS) is 12.4. The van der Waals surface area contributed by atoms with Crippen LogP contribution in [0.1, 0.15) is 31.7 Å². The van der Waals surface area contributed by atoms with E-state index < -0.39 is 0 Å². The average Bonchev–Trinajstić information content (AvgIpc) is 2.26. The van der Waals surface area contributed by atoms with E-state index in [-0.39, 0.29) is 5.38 Å². The fraction of sp³-hybridized carbons (Fsp3) is 0.385. The predicted molar refractivity (Wildman–Crippen MR) is 64.6 cm³/mol. The number of hydrogen-bond donors (Lipinski definition) is 0. The van der Waals surface area contributed by atoms with Gasteiger partial charge in [-0.15, -0.1) is 11.6 Å². The van der Waals surface area contributed by atoms with E-state index in [1.54, 1.807) is 0 Å². The highest BCUT2D eigenvalue weighted by Gasteiger charge is 2.03. The Hall–Kier alpha value is -0.750. The summed E-state index contributed by atoms with van der Waals surface area (Å²) in [6, 6.07) is 10.3. The highest BCUT2D eigenvalue weighted by molar-refractivity contribution is 6.20. The van der Waals surface area contributed by atoms with E-state index in [9.17, 15) is 0 Å². The molecule has 0 bridgehead atoms. The fourth-order valence-corrected chi connectivity index (χ4v) is 1.46. The Labute approximate surface area is 91.6 Å². The molecule has 1 unspecified atom stereocenters. The second kappa shape index (κ2) is 5.87. The van der Waals surface area contributed by atoms with Gasteiger partial charge in [0.2, 0.25) is 0 Å². The average molecular weight is 209 g/mol. The molecule has 0 amide bonds. The first-order chi connectivity index (χ1) is 6.74. The summed E-state index contributed by atoms with van der Waals surface area (Å²) in [6.45, 7) is 6.19. The monoisotopic (exact) mass is 208 g/mol. The molecular formula is C13H17Cl. The molecule has 0 radical (unpaired) electrons. The zero-order valence-electron chi connectivity index (χ0n) is 8.67. The number of benzene rings is 1. The van der Waals surface area contributed by atoms with Gasteiger partial charge >= 0.3 is 0 Å². The first-order valence-electron chi connectivity index (χ1n) is 5.11. The highest BCUT2D eigenvalue weighted by Crippen LogP contribution is 2.20. The minimum Gasteiger partial charge on any atom is -0.123 e. The summed E-state index contributed by atoms with van der Waals surface area (Å²) in [5, 5.41) is 0.287. The maximum absolute atomic E-state index is 6.06. The number of hydrogen-bond acceptors (Lipinski definition) is 0. The number of allylic oxidation sites excluding steroid dienone is 1. The Balaban J connectivity index is 2.44. The molecule has 0 saturated carbocycles. The van der Waals surface area contributed by atoms with E-state index >= 15 is 0 Å². The summed E-state index contributed by atoms with van der Waals surface area (Å²) in [7, 11) is 0. The van der Waals surface area contributed by atoms with Crippen molar-refractivity contribution in [2.24, 2.45) is 0 Å². The van der Waals surface area contributed by atoms with E-state index in [0.29, 0.717) is 0 Å². The highest BCUT2D eigenvalue weighted by atomic mass is 35.5. The molecular weight excluding hydrogens is 192 g/mol. The van der Waals surface area contributed by atoms with Crippen molar-refractivity contribution in [2.75, 3.05) is 0 Å². The molecule has 0 aliphatic carbocycles. The van der Waals surface area contributed by atoms with Crippen LogP contribution in [0.15, 0.2) is 36.9 Å². The lowest BCUT2D eigenvalue weighted by Gasteiger charge is -2.08. The third-order valence-electron chi connectivity index (χ3n) is 2.38. The van der Waals surface area contributed by atoms with E-state index in [1.165, 1.54) is 11.1 Å². The number of halogens is 1. The SMILES string of the molecule is C=C(CCC(Cl)CC)c1ccccc1. The van der Waals surface area contributed by atoms with Crippen LogP contribution in [-0.2, 0) is 0 Å². The van der Waals surface area contributed by atoms with Crippen molar-refractivity contribution in [3.63, 3.8) is 0 Å². The van der Waals surface area contributed by atoms with Crippen molar-refractivity contribution in [1.29, 1.82) is 0 Å². The van der Waals surface area contributed by atoms with Crippen molar-refractivity contribution in [3.05, 3.63) is 42.5 Å². The molecule has 0 aliphatic heterocycles. The molecule has 0 heterocycles. The molecule has 0 spiro atoms. The molecule has 76 valence electrons. The van der Waals surface area contributed by atoms with Crippen molar-refractivity contribution in [3.8, 4) is 0 Å². The van der Waals surface area contributed by atoms with Crippen LogP contribution < -0.4 is 0 Å². The Morgan fingerprint density at radius 2 is 2.00 bits per heavy atom. The van der Waals surface area contributed by atoms with Gasteiger partial charge in [-0.05, 0) is 30.4 Å². The largest absolute Gasteiger partial charge is 0.123 e. The first-order valence-corrected chi connectivity index (χ1v) is 5.55. The quantitative estimate of drug-likeness (QED) is 0.626. The topological polar surface area (TPSA) is 0 Å². The molecule has 1 aromatic carbocycles. The van der Waals surface area contributed by atoms with E-state index in [4.69, 9.17) is 11.6 Å². The summed E-state index contributed by atoms with van der Waals surface area (Å²) >= 11 is 6.06. The van der Waals surface area contributed by atoms with Crippen LogP contribution in [-0.4, -0.2) is 5.38 Å². The van der Waals surface area contributed by atoms with Crippen LogP contribution in [0.5, 0.6) is 0 Å². The molecule has 0 saturated heterocycles. The first kappa shape index (κ1) is 11.3. The van der Waals surface area contributed by atoms with Crippen LogP contribution in [0.3, 0.4) is 0 Å². The van der Waals surface area contributed by atoms with Gasteiger partial charge in [-0.2, -0.15) is 0 Å². The third-order valence-corrected chi connectivity index (χ3v) is 2.91. The molecule has 0 aromatic heterocycles. The zero-order chi connectivity index (χ0) is 10.4. The summed E-state index contributed by atoms with van der Waals surface area (Å²) < 4.78 is 0. The smallest absolute Gasteiger partial charge is 0.0336 e. The third kappa shape index (κ3) is 3.55. The Bertz CT molecular complexity index is 277. The molecule has 1 rings (SSSR count). The molecule has 0 nitrogen and oxygen atoms in total. The van der Waals surface area contributed by atoms with Crippen LogP contribution >= 0.6 is 11.6 Å². The van der Waals surface area contributed by atoms with E-state index in [0.717, 1.165) is 19.3 Å². The predicted octanol–water partition coefficient (Wildman–Crippen LogP) is 4.50. The van der Waals surface area contributed by atoms with Gasteiger partial charge in [0.1, 0.15) is 0 Å². The Morgan fingerprint density at radius 3 is 2.57 bits per heavy atom. The minimum absolute atomic E-state index is 0.287. The summed E-state index contributed by atoms with van der Waals surface area (Å²) in [5.41, 5.74) is 2.41. The number of rotatable bonds is 5. The molecule has 1 aromatic rings. The van der Waals surface area contributed by atoms with Gasteiger partial charge in [-0.3, -0.25) is 0 Å². The maximum atomic E-state index is 6.06. The minimum atomic E-state index is 0.287. The van der Waals surface area contributed by atoms with Crippen molar-refractivity contribution >= 4 is 17.2 Å². The van der Waals surface area contributed by atoms with Crippen LogP contribution in [0.4, 0.5) is 0 Å². The van der Waals surface area contributed by atoms with E-state index in [1.807, 2.05) is 18.2 Å². The van der Waals surface area contributed by atoms with Gasteiger partial charge in [0.15, 0.2) is 0 Å².